The molecule has 0 unspecified atom stereocenters. The van der Waals surface area contributed by atoms with Crippen molar-refractivity contribution in [2.75, 3.05) is 6.54 Å². The Bertz CT molecular complexity index is 96.1. The fraction of sp³-hybridized carbons (Fsp3) is 0.875. The number of halogens is 1. The van der Waals surface area contributed by atoms with Crippen molar-refractivity contribution in [2.24, 2.45) is 0 Å². The van der Waals surface area contributed by atoms with Crippen molar-refractivity contribution in [1.82, 2.24) is 0 Å². The fourth-order valence-corrected chi connectivity index (χ4v) is 0.816. The van der Waals surface area contributed by atoms with Crippen molar-refractivity contribution >= 4 is 5.91 Å². The van der Waals surface area contributed by atoms with E-state index in [4.69, 9.17) is 0 Å². The fourth-order valence-electron chi connectivity index (χ4n) is 0.816. The molecule has 0 aliphatic carbocycles. The van der Waals surface area contributed by atoms with Gasteiger partial charge in [0.25, 0.3) is 0 Å². The Balaban J connectivity index is 0. The van der Waals surface area contributed by atoms with Crippen molar-refractivity contribution in [1.29, 1.82) is 0 Å². The third kappa shape index (κ3) is 9.92. The summed E-state index contributed by atoms with van der Waals surface area (Å²) in [5.74, 6) is 0.316. The van der Waals surface area contributed by atoms with Gasteiger partial charge in [0.15, 0.2) is 0 Å². The van der Waals surface area contributed by atoms with Crippen LogP contribution in [0.4, 0.5) is 0 Å². The summed E-state index contributed by atoms with van der Waals surface area (Å²) >= 11 is 0. The summed E-state index contributed by atoms with van der Waals surface area (Å²) in [6.45, 7) is 5.14. The number of hydrogen-bond donors (Lipinski definition) is 1. The first-order valence-corrected chi connectivity index (χ1v) is 4.17. The number of amides is 1. The van der Waals surface area contributed by atoms with Gasteiger partial charge in [0.2, 0.25) is 0 Å². The normalized spacial score (nSPS) is 8.91. The Hall–Kier alpha value is -0.0800. The lowest BCUT2D eigenvalue weighted by molar-refractivity contribution is -0.569. The van der Waals surface area contributed by atoms with Gasteiger partial charge in [-0.05, 0) is 12.8 Å². The SMILES string of the molecule is CCCC[NH2+]C(=O)CCC.[Cl-]. The average molecular weight is 180 g/mol. The van der Waals surface area contributed by atoms with Gasteiger partial charge in [0.1, 0.15) is 0 Å². The molecular formula is C8H18ClNO. The van der Waals surface area contributed by atoms with Gasteiger partial charge in [-0.3, -0.25) is 5.32 Å². The summed E-state index contributed by atoms with van der Waals surface area (Å²) in [6, 6.07) is 0. The smallest absolute Gasteiger partial charge is 0.310 e. The van der Waals surface area contributed by atoms with Crippen LogP contribution in [0.1, 0.15) is 39.5 Å². The minimum atomic E-state index is 0. The minimum absolute atomic E-state index is 0. The van der Waals surface area contributed by atoms with Crippen molar-refractivity contribution in [3.63, 3.8) is 0 Å². The number of carbonyl (C=O) groups excluding carboxylic acids is 1. The number of nitrogens with two attached hydrogens (primary N) is 1. The van der Waals surface area contributed by atoms with Gasteiger partial charge < -0.3 is 12.4 Å². The predicted molar refractivity (Wildman–Crippen MR) is 41.6 cm³/mol. The molecule has 68 valence electrons. The Morgan fingerprint density at radius 1 is 1.27 bits per heavy atom. The summed E-state index contributed by atoms with van der Waals surface area (Å²) < 4.78 is 0. The van der Waals surface area contributed by atoms with E-state index in [2.05, 4.69) is 6.92 Å². The van der Waals surface area contributed by atoms with E-state index >= 15 is 0 Å². The van der Waals surface area contributed by atoms with E-state index in [1.54, 1.807) is 0 Å². The Morgan fingerprint density at radius 3 is 2.36 bits per heavy atom. The Kier molecular flexibility index (Phi) is 12.2. The highest BCUT2D eigenvalue weighted by Crippen LogP contribution is 1.82. The molecule has 0 atom stereocenters. The van der Waals surface area contributed by atoms with E-state index in [-0.39, 0.29) is 12.4 Å². The minimum Gasteiger partial charge on any atom is -1.00 e. The van der Waals surface area contributed by atoms with Gasteiger partial charge in [-0.1, -0.05) is 20.3 Å². The van der Waals surface area contributed by atoms with Crippen molar-refractivity contribution in [3.8, 4) is 0 Å². The maximum absolute atomic E-state index is 10.9. The molecule has 2 N–H and O–H groups in total. The van der Waals surface area contributed by atoms with Gasteiger partial charge in [0.05, 0.1) is 13.0 Å². The molecular weight excluding hydrogens is 162 g/mol. The maximum atomic E-state index is 10.9. The highest BCUT2D eigenvalue weighted by atomic mass is 35.5. The van der Waals surface area contributed by atoms with Crippen LogP contribution in [0, 0.1) is 0 Å². The number of primary amides is 1. The molecule has 0 aromatic heterocycles. The van der Waals surface area contributed by atoms with Crippen LogP contribution >= 0.6 is 0 Å². The number of rotatable bonds is 5. The number of carbonyl (C=O) groups is 1. The van der Waals surface area contributed by atoms with Gasteiger partial charge in [-0.2, -0.15) is 0 Å². The molecule has 0 aliphatic heterocycles. The molecule has 0 fully saturated rings. The third-order valence-electron chi connectivity index (χ3n) is 1.43. The third-order valence-corrected chi connectivity index (χ3v) is 1.43. The van der Waals surface area contributed by atoms with Crippen LogP contribution in [0.3, 0.4) is 0 Å². The zero-order valence-corrected chi connectivity index (χ0v) is 8.16. The lowest BCUT2D eigenvalue weighted by Crippen LogP contribution is -3.00. The van der Waals surface area contributed by atoms with Gasteiger partial charge in [0, 0.05) is 0 Å². The lowest BCUT2D eigenvalue weighted by atomic mass is 10.3. The van der Waals surface area contributed by atoms with Crippen LogP contribution in [0.15, 0.2) is 0 Å². The first kappa shape index (κ1) is 13.5. The summed E-state index contributed by atoms with van der Waals surface area (Å²) in [6.07, 6.45) is 4.02. The molecule has 2 nitrogen and oxygen atoms in total. The van der Waals surface area contributed by atoms with E-state index in [1.807, 2.05) is 12.2 Å². The Morgan fingerprint density at radius 2 is 1.91 bits per heavy atom. The Labute approximate surface area is 75.2 Å². The molecule has 0 rings (SSSR count). The zero-order valence-electron chi connectivity index (χ0n) is 7.40. The maximum Gasteiger partial charge on any atom is 0.310 e. The molecule has 0 spiro atoms. The van der Waals surface area contributed by atoms with Crippen LogP contribution < -0.4 is 17.7 Å². The molecule has 0 aromatic rings. The van der Waals surface area contributed by atoms with Crippen LogP contribution in [0.5, 0.6) is 0 Å². The van der Waals surface area contributed by atoms with Gasteiger partial charge in [-0.25, -0.2) is 4.79 Å². The molecule has 3 heteroatoms. The van der Waals surface area contributed by atoms with E-state index in [0.29, 0.717) is 5.91 Å². The summed E-state index contributed by atoms with van der Waals surface area (Å²) in [5.41, 5.74) is 0. The number of unbranched alkanes of at least 4 members (excludes halogenated alkanes) is 1. The lowest BCUT2D eigenvalue weighted by Gasteiger charge is -1.95. The van der Waals surface area contributed by atoms with Crippen LogP contribution in [-0.4, -0.2) is 12.5 Å². The first-order chi connectivity index (χ1) is 4.81. The summed E-state index contributed by atoms with van der Waals surface area (Å²) in [7, 11) is 0. The average Bonchev–Trinajstić information content (AvgIpc) is 1.89. The van der Waals surface area contributed by atoms with Crippen LogP contribution in [0.25, 0.3) is 0 Å². The summed E-state index contributed by atoms with van der Waals surface area (Å²) in [5, 5.41) is 1.83. The van der Waals surface area contributed by atoms with Gasteiger partial charge >= 0.3 is 5.91 Å². The van der Waals surface area contributed by atoms with Crippen molar-refractivity contribution in [2.45, 2.75) is 39.5 Å². The quantitative estimate of drug-likeness (QED) is 0.473. The monoisotopic (exact) mass is 179 g/mol. The van der Waals surface area contributed by atoms with Gasteiger partial charge in [-0.15, -0.1) is 0 Å². The van der Waals surface area contributed by atoms with Crippen LogP contribution in [0.2, 0.25) is 0 Å². The van der Waals surface area contributed by atoms with Crippen molar-refractivity contribution < 1.29 is 22.5 Å². The number of hydrogen-bond acceptors (Lipinski definition) is 1. The molecule has 11 heavy (non-hydrogen) atoms. The molecule has 0 saturated heterocycles. The van der Waals surface area contributed by atoms with E-state index in [9.17, 15) is 4.79 Å². The number of quaternary nitrogens is 1. The second-order valence-corrected chi connectivity index (χ2v) is 2.56. The molecule has 0 saturated carbocycles. The highest BCUT2D eigenvalue weighted by Gasteiger charge is 2.01. The molecule has 1 amide bonds. The molecule has 0 bridgehead atoms. The second kappa shape index (κ2) is 9.92. The second-order valence-electron chi connectivity index (χ2n) is 2.56. The first-order valence-electron chi connectivity index (χ1n) is 4.17. The van der Waals surface area contributed by atoms with E-state index < -0.39 is 0 Å². The standard InChI is InChI=1S/C8H17NO.ClH/c1-3-5-7-9-8(10)6-4-2;/h3-7H2,1-2H3,(H,9,10);1H. The van der Waals surface area contributed by atoms with E-state index in [1.165, 1.54) is 6.42 Å². The largest absolute Gasteiger partial charge is 1.00 e. The highest BCUT2D eigenvalue weighted by molar-refractivity contribution is 5.65. The van der Waals surface area contributed by atoms with E-state index in [0.717, 1.165) is 25.8 Å². The molecule has 0 heterocycles. The van der Waals surface area contributed by atoms with Crippen molar-refractivity contribution in [3.05, 3.63) is 0 Å². The topological polar surface area (TPSA) is 33.7 Å². The predicted octanol–water partition coefficient (Wildman–Crippen LogP) is -2.32. The summed E-state index contributed by atoms with van der Waals surface area (Å²) in [4.78, 5) is 10.9. The zero-order chi connectivity index (χ0) is 7.82. The molecule has 0 aromatic carbocycles. The van der Waals surface area contributed by atoms with Crippen LogP contribution in [-0.2, 0) is 4.79 Å². The molecule has 0 radical (unpaired) electrons. The molecule has 0 aliphatic rings.